The normalized spacial score (nSPS) is 11.2. The SMILES string of the molecule is C/C(=C\CSc1ccccc1)C(=O)Nc1ccccc1. The minimum Gasteiger partial charge on any atom is -0.322 e. The van der Waals surface area contributed by atoms with Crippen molar-refractivity contribution in [3.8, 4) is 0 Å². The number of carbonyl (C=O) groups excluding carboxylic acids is 1. The first-order valence-electron chi connectivity index (χ1n) is 6.47. The molecule has 2 aromatic rings. The van der Waals surface area contributed by atoms with Gasteiger partial charge in [0.15, 0.2) is 0 Å². The molecule has 2 aromatic carbocycles. The molecule has 0 atom stereocenters. The maximum absolute atomic E-state index is 12.0. The first kappa shape index (κ1) is 14.4. The van der Waals surface area contributed by atoms with Crippen LogP contribution < -0.4 is 5.32 Å². The summed E-state index contributed by atoms with van der Waals surface area (Å²) < 4.78 is 0. The quantitative estimate of drug-likeness (QED) is 0.652. The lowest BCUT2D eigenvalue weighted by atomic mass is 10.2. The van der Waals surface area contributed by atoms with Gasteiger partial charge in [-0.15, -0.1) is 11.8 Å². The van der Waals surface area contributed by atoms with Crippen LogP contribution in [0.1, 0.15) is 6.92 Å². The maximum Gasteiger partial charge on any atom is 0.251 e. The minimum absolute atomic E-state index is 0.0511. The summed E-state index contributed by atoms with van der Waals surface area (Å²) >= 11 is 1.72. The standard InChI is InChI=1S/C17H17NOS/c1-14(12-13-20-16-10-6-3-7-11-16)17(19)18-15-8-4-2-5-9-15/h2-12H,13H2,1H3,(H,18,19)/b14-12+. The lowest BCUT2D eigenvalue weighted by Gasteiger charge is -2.05. The largest absolute Gasteiger partial charge is 0.322 e. The molecule has 3 heteroatoms. The molecule has 0 aliphatic heterocycles. The van der Waals surface area contributed by atoms with Gasteiger partial charge in [0.1, 0.15) is 0 Å². The molecular weight excluding hydrogens is 266 g/mol. The first-order valence-corrected chi connectivity index (χ1v) is 7.45. The van der Waals surface area contributed by atoms with Gasteiger partial charge in [-0.3, -0.25) is 4.79 Å². The Morgan fingerprint density at radius 2 is 1.65 bits per heavy atom. The fourth-order valence-electron chi connectivity index (χ4n) is 1.62. The molecule has 0 fully saturated rings. The average Bonchev–Trinajstić information content (AvgIpc) is 2.49. The molecule has 2 nitrogen and oxygen atoms in total. The number of thioether (sulfide) groups is 1. The molecule has 0 saturated heterocycles. The second kappa shape index (κ2) is 7.56. The van der Waals surface area contributed by atoms with Gasteiger partial charge in [0.25, 0.3) is 5.91 Å². The van der Waals surface area contributed by atoms with Crippen LogP contribution in [0.2, 0.25) is 0 Å². The van der Waals surface area contributed by atoms with E-state index in [4.69, 9.17) is 0 Å². The smallest absolute Gasteiger partial charge is 0.251 e. The van der Waals surface area contributed by atoms with Gasteiger partial charge in [0, 0.05) is 21.9 Å². The number of benzene rings is 2. The summed E-state index contributed by atoms with van der Waals surface area (Å²) in [6.45, 7) is 1.84. The number of anilines is 1. The Morgan fingerprint density at radius 3 is 2.30 bits per heavy atom. The van der Waals surface area contributed by atoms with Gasteiger partial charge < -0.3 is 5.32 Å². The number of nitrogens with one attached hydrogen (secondary N) is 1. The Hall–Kier alpha value is -2.00. The fraction of sp³-hybridized carbons (Fsp3) is 0.118. The van der Waals surface area contributed by atoms with Crippen LogP contribution >= 0.6 is 11.8 Å². The second-order valence-electron chi connectivity index (χ2n) is 4.33. The Balaban J connectivity index is 1.85. The maximum atomic E-state index is 12.0. The molecule has 0 spiro atoms. The zero-order valence-electron chi connectivity index (χ0n) is 11.4. The fourth-order valence-corrected chi connectivity index (χ4v) is 2.50. The van der Waals surface area contributed by atoms with E-state index in [1.165, 1.54) is 4.90 Å². The Labute approximate surface area is 123 Å². The predicted molar refractivity (Wildman–Crippen MR) is 86.0 cm³/mol. The number of carbonyl (C=O) groups is 1. The van der Waals surface area contributed by atoms with E-state index in [-0.39, 0.29) is 5.91 Å². The molecule has 0 aliphatic rings. The molecule has 0 heterocycles. The van der Waals surface area contributed by atoms with E-state index in [0.29, 0.717) is 0 Å². The van der Waals surface area contributed by atoms with Crippen LogP contribution in [0.4, 0.5) is 5.69 Å². The van der Waals surface area contributed by atoms with Crippen molar-refractivity contribution in [3.63, 3.8) is 0 Å². The van der Waals surface area contributed by atoms with Gasteiger partial charge >= 0.3 is 0 Å². The van der Waals surface area contributed by atoms with Crippen molar-refractivity contribution in [1.29, 1.82) is 0 Å². The number of amides is 1. The van der Waals surface area contributed by atoms with Crippen LogP contribution in [-0.4, -0.2) is 11.7 Å². The van der Waals surface area contributed by atoms with Crippen molar-refractivity contribution >= 4 is 23.4 Å². The lowest BCUT2D eigenvalue weighted by Crippen LogP contribution is -2.12. The Bertz CT molecular complexity index is 578. The second-order valence-corrected chi connectivity index (χ2v) is 5.42. The highest BCUT2D eigenvalue weighted by atomic mass is 32.2. The van der Waals surface area contributed by atoms with Crippen LogP contribution in [0, 0.1) is 0 Å². The lowest BCUT2D eigenvalue weighted by molar-refractivity contribution is -0.112. The molecule has 20 heavy (non-hydrogen) atoms. The van der Waals surface area contributed by atoms with Crippen molar-refractivity contribution in [2.75, 3.05) is 11.1 Å². The first-order chi connectivity index (χ1) is 9.75. The molecule has 0 aliphatic carbocycles. The molecule has 2 rings (SSSR count). The third-order valence-electron chi connectivity index (χ3n) is 2.77. The van der Waals surface area contributed by atoms with Gasteiger partial charge in [-0.1, -0.05) is 42.5 Å². The monoisotopic (exact) mass is 283 g/mol. The van der Waals surface area contributed by atoms with Gasteiger partial charge in [-0.2, -0.15) is 0 Å². The van der Waals surface area contributed by atoms with Crippen LogP contribution in [0.3, 0.4) is 0 Å². The summed E-state index contributed by atoms with van der Waals surface area (Å²) in [5.41, 5.74) is 1.55. The van der Waals surface area contributed by atoms with Crippen molar-refractivity contribution in [3.05, 3.63) is 72.3 Å². The zero-order valence-corrected chi connectivity index (χ0v) is 12.2. The molecule has 0 unspecified atom stereocenters. The van der Waals surface area contributed by atoms with Gasteiger partial charge in [-0.05, 0) is 31.2 Å². The minimum atomic E-state index is -0.0511. The third kappa shape index (κ3) is 4.59. The molecular formula is C17H17NOS. The van der Waals surface area contributed by atoms with E-state index in [0.717, 1.165) is 17.0 Å². The van der Waals surface area contributed by atoms with Crippen molar-refractivity contribution in [2.24, 2.45) is 0 Å². The Morgan fingerprint density at radius 1 is 1.05 bits per heavy atom. The van der Waals surface area contributed by atoms with Gasteiger partial charge in [-0.25, -0.2) is 0 Å². The average molecular weight is 283 g/mol. The number of hydrogen-bond acceptors (Lipinski definition) is 2. The van der Waals surface area contributed by atoms with E-state index in [9.17, 15) is 4.79 Å². The molecule has 102 valence electrons. The summed E-state index contributed by atoms with van der Waals surface area (Å²) in [4.78, 5) is 13.2. The molecule has 0 radical (unpaired) electrons. The highest BCUT2D eigenvalue weighted by Gasteiger charge is 2.03. The van der Waals surface area contributed by atoms with Crippen molar-refractivity contribution in [1.82, 2.24) is 0 Å². The predicted octanol–water partition coefficient (Wildman–Crippen LogP) is 4.36. The topological polar surface area (TPSA) is 29.1 Å². The van der Waals surface area contributed by atoms with E-state index >= 15 is 0 Å². The summed E-state index contributed by atoms with van der Waals surface area (Å²) in [6, 6.07) is 19.7. The number of para-hydroxylation sites is 1. The van der Waals surface area contributed by atoms with Crippen LogP contribution in [0.25, 0.3) is 0 Å². The number of hydrogen-bond donors (Lipinski definition) is 1. The van der Waals surface area contributed by atoms with E-state index in [1.54, 1.807) is 11.8 Å². The van der Waals surface area contributed by atoms with Gasteiger partial charge in [0.2, 0.25) is 0 Å². The molecule has 0 bridgehead atoms. The highest BCUT2D eigenvalue weighted by molar-refractivity contribution is 7.99. The summed E-state index contributed by atoms with van der Waals surface area (Å²) in [5.74, 6) is 0.739. The molecule has 0 saturated carbocycles. The number of rotatable bonds is 5. The summed E-state index contributed by atoms with van der Waals surface area (Å²) in [5, 5.41) is 2.87. The molecule has 1 N–H and O–H groups in total. The van der Waals surface area contributed by atoms with Crippen LogP contribution in [0.5, 0.6) is 0 Å². The molecule has 1 amide bonds. The van der Waals surface area contributed by atoms with Gasteiger partial charge in [0.05, 0.1) is 0 Å². The van der Waals surface area contributed by atoms with E-state index < -0.39 is 0 Å². The Kier molecular flexibility index (Phi) is 5.44. The van der Waals surface area contributed by atoms with Crippen LogP contribution in [0.15, 0.2) is 77.2 Å². The van der Waals surface area contributed by atoms with E-state index in [2.05, 4.69) is 17.4 Å². The summed E-state index contributed by atoms with van der Waals surface area (Å²) in [6.07, 6.45) is 1.95. The highest BCUT2D eigenvalue weighted by Crippen LogP contribution is 2.17. The van der Waals surface area contributed by atoms with Crippen molar-refractivity contribution in [2.45, 2.75) is 11.8 Å². The zero-order chi connectivity index (χ0) is 14.2. The van der Waals surface area contributed by atoms with E-state index in [1.807, 2.05) is 61.5 Å². The summed E-state index contributed by atoms with van der Waals surface area (Å²) in [7, 11) is 0. The van der Waals surface area contributed by atoms with Crippen molar-refractivity contribution < 1.29 is 4.79 Å². The third-order valence-corrected chi connectivity index (χ3v) is 3.71. The molecule has 0 aromatic heterocycles. The van der Waals surface area contributed by atoms with Crippen LogP contribution in [-0.2, 0) is 4.79 Å².